The quantitative estimate of drug-likeness (QED) is 0.587. The zero-order chi connectivity index (χ0) is 18.1. The second-order valence-corrected chi connectivity index (χ2v) is 7.31. The Kier molecular flexibility index (Phi) is 5.62. The van der Waals surface area contributed by atoms with E-state index in [0.717, 1.165) is 0 Å². The van der Waals surface area contributed by atoms with Crippen LogP contribution in [0, 0.1) is 5.82 Å². The van der Waals surface area contributed by atoms with Gasteiger partial charge in [0.25, 0.3) is 0 Å². The summed E-state index contributed by atoms with van der Waals surface area (Å²) >= 11 is 6.20. The Hall–Kier alpha value is -1.11. The van der Waals surface area contributed by atoms with E-state index in [1.807, 2.05) is 27.7 Å². The number of ether oxygens (including phenoxy) is 1. The predicted molar refractivity (Wildman–Crippen MR) is 91.5 cm³/mol. The molecular weight excluding hydrogens is 333 g/mol. The summed E-state index contributed by atoms with van der Waals surface area (Å²) in [6.45, 7) is 9.75. The van der Waals surface area contributed by atoms with Crippen LogP contribution in [0.5, 0.6) is 0 Å². The average Bonchev–Trinajstić information content (AvgIpc) is 2.65. The summed E-state index contributed by atoms with van der Waals surface area (Å²) in [6, 6.07) is 4.09. The van der Waals surface area contributed by atoms with Crippen LogP contribution in [0.1, 0.15) is 52.4 Å². The summed E-state index contributed by atoms with van der Waals surface area (Å²) < 4.78 is 30.6. The van der Waals surface area contributed by atoms with Gasteiger partial charge in [-0.3, -0.25) is 4.79 Å². The average molecular weight is 357 g/mol. The van der Waals surface area contributed by atoms with Crippen molar-refractivity contribution in [1.82, 2.24) is 0 Å². The van der Waals surface area contributed by atoms with Gasteiger partial charge in [-0.25, -0.2) is 4.39 Å². The first-order valence-corrected chi connectivity index (χ1v) is 8.41. The van der Waals surface area contributed by atoms with E-state index in [1.54, 1.807) is 13.0 Å². The highest BCUT2D eigenvalue weighted by molar-refractivity contribution is 6.48. The van der Waals surface area contributed by atoms with Crippen LogP contribution in [0.15, 0.2) is 18.2 Å². The molecule has 0 N–H and O–H groups in total. The van der Waals surface area contributed by atoms with Crippen LogP contribution in [0.2, 0.25) is 5.02 Å². The lowest BCUT2D eigenvalue weighted by Crippen LogP contribution is -2.41. The standard InChI is InChI=1S/C17H23BClFO4/c1-6-22-15(21)10-13(12-8-7-11(20)9-14(12)19)18-23-16(2,3)17(4,5)24-18/h7-9,13H,6,10H2,1-5H3. The fourth-order valence-corrected chi connectivity index (χ4v) is 2.91. The second-order valence-electron chi connectivity index (χ2n) is 6.91. The molecule has 1 aromatic carbocycles. The molecule has 1 aromatic rings. The van der Waals surface area contributed by atoms with E-state index in [0.29, 0.717) is 5.56 Å². The SMILES string of the molecule is CCOC(=O)CC(B1OC(C)(C)C(C)(C)O1)c1ccc(F)cc1Cl. The van der Waals surface area contributed by atoms with Gasteiger partial charge in [-0.15, -0.1) is 0 Å². The van der Waals surface area contributed by atoms with Gasteiger partial charge in [0.2, 0.25) is 0 Å². The number of benzene rings is 1. The molecule has 1 atom stereocenters. The minimum absolute atomic E-state index is 0.0377. The Bertz CT molecular complexity index is 605. The fraction of sp³-hybridized carbons (Fsp3) is 0.588. The van der Waals surface area contributed by atoms with Crippen LogP contribution in [0.4, 0.5) is 4.39 Å². The van der Waals surface area contributed by atoms with Crippen molar-refractivity contribution in [2.24, 2.45) is 0 Å². The molecule has 1 aliphatic heterocycles. The van der Waals surface area contributed by atoms with Gasteiger partial charge in [-0.05, 0) is 52.3 Å². The normalized spacial score (nSPS) is 20.0. The van der Waals surface area contributed by atoms with E-state index < -0.39 is 30.0 Å². The van der Waals surface area contributed by atoms with Gasteiger partial charge in [-0.2, -0.15) is 0 Å². The minimum atomic E-state index is -0.678. The molecule has 0 saturated carbocycles. The molecule has 1 fully saturated rings. The Morgan fingerprint density at radius 1 is 1.29 bits per heavy atom. The van der Waals surface area contributed by atoms with E-state index >= 15 is 0 Å². The van der Waals surface area contributed by atoms with Gasteiger partial charge in [0.15, 0.2) is 0 Å². The number of carbonyl (C=O) groups excluding carboxylic acids is 1. The molecule has 0 spiro atoms. The molecule has 0 aromatic heterocycles. The van der Waals surface area contributed by atoms with Gasteiger partial charge in [0, 0.05) is 10.8 Å². The molecule has 0 amide bonds. The van der Waals surface area contributed by atoms with Gasteiger partial charge < -0.3 is 14.0 Å². The highest BCUT2D eigenvalue weighted by Gasteiger charge is 2.54. The number of hydrogen-bond acceptors (Lipinski definition) is 4. The first-order valence-electron chi connectivity index (χ1n) is 8.03. The van der Waals surface area contributed by atoms with Crippen LogP contribution in [-0.2, 0) is 18.8 Å². The Morgan fingerprint density at radius 2 is 1.88 bits per heavy atom. The fourth-order valence-electron chi connectivity index (χ4n) is 2.61. The monoisotopic (exact) mass is 356 g/mol. The number of rotatable bonds is 5. The molecule has 0 bridgehead atoms. The summed E-state index contributed by atoms with van der Waals surface area (Å²) in [7, 11) is -0.678. The van der Waals surface area contributed by atoms with Crippen LogP contribution >= 0.6 is 11.6 Å². The molecule has 2 rings (SSSR count). The molecule has 4 nitrogen and oxygen atoms in total. The molecule has 1 unspecified atom stereocenters. The molecule has 0 aliphatic carbocycles. The van der Waals surface area contributed by atoms with Crippen molar-refractivity contribution in [2.45, 2.75) is 58.1 Å². The molecule has 132 valence electrons. The molecule has 1 saturated heterocycles. The van der Waals surface area contributed by atoms with Crippen molar-refractivity contribution >= 4 is 24.7 Å². The van der Waals surface area contributed by atoms with Crippen molar-refractivity contribution in [3.63, 3.8) is 0 Å². The summed E-state index contributed by atoms with van der Waals surface area (Å²) in [4.78, 5) is 12.0. The van der Waals surface area contributed by atoms with Gasteiger partial charge in [0.1, 0.15) is 5.82 Å². The predicted octanol–water partition coefficient (Wildman–Crippen LogP) is 4.15. The maximum absolute atomic E-state index is 13.4. The highest BCUT2D eigenvalue weighted by Crippen LogP contribution is 2.43. The second kappa shape index (κ2) is 7.02. The maximum atomic E-state index is 13.4. The van der Waals surface area contributed by atoms with Crippen LogP contribution < -0.4 is 0 Å². The first-order chi connectivity index (χ1) is 11.1. The zero-order valence-corrected chi connectivity index (χ0v) is 15.4. The van der Waals surface area contributed by atoms with Gasteiger partial charge in [-0.1, -0.05) is 17.7 Å². The lowest BCUT2D eigenvalue weighted by molar-refractivity contribution is -0.143. The van der Waals surface area contributed by atoms with Gasteiger partial charge in [0.05, 0.1) is 24.2 Å². The summed E-state index contributed by atoms with van der Waals surface area (Å²) in [5, 5.41) is 0.235. The number of halogens is 2. The van der Waals surface area contributed by atoms with E-state index in [4.69, 9.17) is 25.6 Å². The van der Waals surface area contributed by atoms with Crippen LogP contribution in [0.3, 0.4) is 0 Å². The smallest absolute Gasteiger partial charge is 0.466 e. The largest absolute Gasteiger partial charge is 0.466 e. The number of carbonyl (C=O) groups is 1. The van der Waals surface area contributed by atoms with Gasteiger partial charge >= 0.3 is 13.1 Å². The third-order valence-corrected chi connectivity index (χ3v) is 4.98. The summed E-state index contributed by atoms with van der Waals surface area (Å²) in [6.07, 6.45) is 0.0377. The Balaban J connectivity index is 2.35. The first kappa shape index (κ1) is 19.2. The third-order valence-electron chi connectivity index (χ3n) is 4.65. The molecule has 0 radical (unpaired) electrons. The molecular formula is C17H23BClFO4. The third kappa shape index (κ3) is 3.93. The lowest BCUT2D eigenvalue weighted by Gasteiger charge is -2.32. The molecule has 7 heteroatoms. The van der Waals surface area contributed by atoms with Crippen molar-refractivity contribution in [3.05, 3.63) is 34.6 Å². The van der Waals surface area contributed by atoms with E-state index in [-0.39, 0.29) is 24.0 Å². The maximum Gasteiger partial charge on any atom is 0.466 e. The van der Waals surface area contributed by atoms with Crippen molar-refractivity contribution < 1.29 is 23.2 Å². The minimum Gasteiger partial charge on any atom is -0.466 e. The summed E-state index contributed by atoms with van der Waals surface area (Å²) in [5.74, 6) is -1.30. The van der Waals surface area contributed by atoms with Crippen LogP contribution in [0.25, 0.3) is 0 Å². The van der Waals surface area contributed by atoms with Crippen molar-refractivity contribution in [1.29, 1.82) is 0 Å². The van der Waals surface area contributed by atoms with E-state index in [1.165, 1.54) is 12.1 Å². The van der Waals surface area contributed by atoms with Crippen molar-refractivity contribution in [3.8, 4) is 0 Å². The number of hydrogen-bond donors (Lipinski definition) is 0. The Morgan fingerprint density at radius 3 is 2.38 bits per heavy atom. The number of esters is 1. The molecule has 24 heavy (non-hydrogen) atoms. The zero-order valence-electron chi connectivity index (χ0n) is 14.7. The topological polar surface area (TPSA) is 44.8 Å². The lowest BCUT2D eigenvalue weighted by atomic mass is 9.66. The van der Waals surface area contributed by atoms with E-state index in [2.05, 4.69) is 0 Å². The molecule has 1 aliphatic rings. The Labute approximate surface area is 147 Å². The highest BCUT2D eigenvalue weighted by atomic mass is 35.5. The van der Waals surface area contributed by atoms with Crippen LogP contribution in [-0.4, -0.2) is 30.9 Å². The van der Waals surface area contributed by atoms with E-state index in [9.17, 15) is 9.18 Å². The molecule has 1 heterocycles. The van der Waals surface area contributed by atoms with Crippen molar-refractivity contribution in [2.75, 3.05) is 6.61 Å². The summed E-state index contributed by atoms with van der Waals surface area (Å²) in [5.41, 5.74) is -0.488.